The molecule has 1 spiro atoms. The normalized spacial score (nSPS) is 30.2. The number of ether oxygens (including phenoxy) is 2. The van der Waals surface area contributed by atoms with Gasteiger partial charge in [0, 0.05) is 11.3 Å². The number of ketones is 1. The molecule has 2 saturated carbocycles. The van der Waals surface area contributed by atoms with Crippen molar-refractivity contribution in [3.63, 3.8) is 0 Å². The fourth-order valence-electron chi connectivity index (χ4n) is 7.32. The van der Waals surface area contributed by atoms with E-state index in [0.29, 0.717) is 56.0 Å². The molecule has 9 nitrogen and oxygen atoms in total. The third-order valence-corrected chi connectivity index (χ3v) is 10.2. The van der Waals surface area contributed by atoms with Gasteiger partial charge in [0.1, 0.15) is 18.2 Å². The van der Waals surface area contributed by atoms with Crippen LogP contribution in [-0.4, -0.2) is 63.5 Å². The van der Waals surface area contributed by atoms with E-state index >= 15 is 8.78 Å². The zero-order valence-electron chi connectivity index (χ0n) is 27.5. The van der Waals surface area contributed by atoms with Gasteiger partial charge in [0.2, 0.25) is 11.8 Å². The van der Waals surface area contributed by atoms with Gasteiger partial charge in [0.15, 0.2) is 11.5 Å². The maximum atomic E-state index is 16.7. The van der Waals surface area contributed by atoms with Crippen LogP contribution >= 0.6 is 0 Å². The first-order valence-corrected chi connectivity index (χ1v) is 15.7. The third-order valence-electron chi connectivity index (χ3n) is 10.2. The molecular weight excluding hydrogens is 820 g/mol. The summed E-state index contributed by atoms with van der Waals surface area (Å²) in [6, 6.07) is 5.86. The Balaban J connectivity index is 0.00000240. The summed E-state index contributed by atoms with van der Waals surface area (Å²) in [6.45, 7) is 8.73. The summed E-state index contributed by atoms with van der Waals surface area (Å²) in [5, 5.41) is 2.78. The Morgan fingerprint density at radius 2 is 1.83 bits per heavy atom. The van der Waals surface area contributed by atoms with Crippen LogP contribution in [0.3, 0.4) is 0 Å². The molecule has 46 heavy (non-hydrogen) atoms. The number of carbonyl (C=O) groups excluding carboxylic acids is 3. The summed E-state index contributed by atoms with van der Waals surface area (Å²) in [4.78, 5) is 50.7. The molecule has 2 aromatic rings. The first-order valence-electron chi connectivity index (χ1n) is 15.7. The fourth-order valence-corrected chi connectivity index (χ4v) is 7.32. The summed E-state index contributed by atoms with van der Waals surface area (Å²) in [5.41, 5.74) is -1.78. The number of hydrogen-bond acceptors (Lipinski definition) is 7. The van der Waals surface area contributed by atoms with Gasteiger partial charge in [-0.1, -0.05) is 27.7 Å². The van der Waals surface area contributed by atoms with Gasteiger partial charge >= 0.3 is 37.2 Å². The van der Waals surface area contributed by atoms with E-state index in [1.807, 2.05) is 27.7 Å². The van der Waals surface area contributed by atoms with E-state index in [0.717, 1.165) is 0 Å². The minimum atomic E-state index is -3.32. The Bertz CT molecular complexity index is 1470. The zero-order valence-corrected chi connectivity index (χ0v) is 31.7. The van der Waals surface area contributed by atoms with E-state index in [1.54, 1.807) is 18.2 Å². The predicted molar refractivity (Wildman–Crippen MR) is 163 cm³/mol. The maximum Gasteiger partial charge on any atom is 2.00 e. The fraction of sp³-hybridized carbons (Fsp3) is 0.647. The first kappa shape index (κ1) is 36.5. The molecule has 1 N–H and O–H groups in total. The number of halogens is 2. The van der Waals surface area contributed by atoms with Crippen molar-refractivity contribution in [2.75, 3.05) is 6.54 Å². The van der Waals surface area contributed by atoms with E-state index < -0.39 is 58.6 Å². The second-order valence-electron chi connectivity index (χ2n) is 14.3. The van der Waals surface area contributed by atoms with Gasteiger partial charge in [-0.2, -0.15) is 20.9 Å². The van der Waals surface area contributed by atoms with Crippen LogP contribution in [0.2, 0.25) is 0 Å². The topological polar surface area (TPSA) is 111 Å². The monoisotopic (exact) mass is 864 g/mol. The predicted octanol–water partition coefficient (Wildman–Crippen LogP) is 6.04. The molecule has 0 radical (unpaired) electrons. The zero-order chi connectivity index (χ0) is 31.6. The smallest absolute Gasteiger partial charge is 0.471 e. The molecule has 12 heteroatoms. The standard InChI is InChI=1S/C33H41F2N4O5.CH3.U/c1-6-21-24-17-39(25(21)18(2)40)29(41)27(31(3,4)5)38-30(42)43-20-15-19(16-20)11-12-32(13-14-32)33(34,35)26-28(44-24)37-23-10-8-7-9-22(23)36-26;;/h7,9-10,19-21,24-25,27H,6,11-17H2,1-5H3,(H,38,42);1H3;/q2*-1;+2/t19?,20?,21-,24+,25-,27-;;/m1../s1. The number of hydrogen-bond donors (Lipinski definition) is 1. The third kappa shape index (κ3) is 6.54. The van der Waals surface area contributed by atoms with Gasteiger partial charge < -0.3 is 27.1 Å². The summed E-state index contributed by atoms with van der Waals surface area (Å²) >= 11 is 0. The van der Waals surface area contributed by atoms with E-state index in [-0.39, 0.29) is 68.8 Å². The molecule has 4 bridgehead atoms. The van der Waals surface area contributed by atoms with Crippen molar-refractivity contribution in [2.24, 2.45) is 22.7 Å². The molecular formula is C34H44F2N4O5U. The SMILES string of the molecule is CC[C@@H]1[C@@H]2CN(C(=O)[C@H](C(C)(C)C)NC(=O)OC3CC(CCC4(CC4)C(F)(F)c4nc5cc[c-]cc5nc4O2)C3)[C@@H]1C(C)=O.[CH3-].[U+2]. The Morgan fingerprint density at radius 1 is 1.13 bits per heavy atom. The minimum Gasteiger partial charge on any atom is -0.471 e. The van der Waals surface area contributed by atoms with Gasteiger partial charge in [0.05, 0.1) is 12.6 Å². The Morgan fingerprint density at radius 3 is 2.43 bits per heavy atom. The van der Waals surface area contributed by atoms with Crippen molar-refractivity contribution in [1.82, 2.24) is 20.2 Å². The van der Waals surface area contributed by atoms with Gasteiger partial charge in [0.25, 0.3) is 5.92 Å². The number of amides is 2. The van der Waals surface area contributed by atoms with Crippen molar-refractivity contribution in [2.45, 2.75) is 110 Å². The number of Topliss-reactive ketones (excluding diaryl/α,β-unsaturated/α-hetero) is 1. The number of nitrogens with one attached hydrogen (secondary N) is 1. The van der Waals surface area contributed by atoms with Crippen LogP contribution < -0.4 is 10.1 Å². The average molecular weight is 865 g/mol. The first-order chi connectivity index (χ1) is 20.7. The van der Waals surface area contributed by atoms with Crippen LogP contribution in [0, 0.1) is 67.3 Å². The Kier molecular flexibility index (Phi) is 10.6. The molecule has 3 fully saturated rings. The van der Waals surface area contributed by atoms with E-state index in [1.165, 1.54) is 11.8 Å². The van der Waals surface area contributed by atoms with Crippen LogP contribution in [0.15, 0.2) is 18.2 Å². The molecule has 248 valence electrons. The molecule has 5 aliphatic rings. The van der Waals surface area contributed by atoms with Crippen molar-refractivity contribution < 1.29 is 63.8 Å². The van der Waals surface area contributed by atoms with Crippen LogP contribution in [-0.2, 0) is 20.2 Å². The Labute approximate surface area is 293 Å². The number of aromatic nitrogens is 2. The maximum absolute atomic E-state index is 16.7. The summed E-state index contributed by atoms with van der Waals surface area (Å²) in [6.07, 6.45) is 1.41. The van der Waals surface area contributed by atoms with Crippen molar-refractivity contribution in [3.05, 3.63) is 37.4 Å². The Hall–Kier alpha value is -2.32. The number of benzene rings is 1. The molecule has 1 aromatic heterocycles. The summed E-state index contributed by atoms with van der Waals surface area (Å²) < 4.78 is 45.4. The van der Waals surface area contributed by atoms with E-state index in [4.69, 9.17) is 9.47 Å². The molecule has 1 aromatic carbocycles. The van der Waals surface area contributed by atoms with Crippen molar-refractivity contribution in [3.8, 4) is 5.88 Å². The summed E-state index contributed by atoms with van der Waals surface area (Å²) in [7, 11) is 0. The van der Waals surface area contributed by atoms with Crippen LogP contribution in [0.4, 0.5) is 13.6 Å². The van der Waals surface area contributed by atoms with E-state index in [2.05, 4.69) is 21.4 Å². The van der Waals surface area contributed by atoms with Gasteiger partial charge in [-0.05, 0) is 74.2 Å². The molecule has 7 rings (SSSR count). The van der Waals surface area contributed by atoms with Gasteiger partial charge in [-0.3, -0.25) is 19.6 Å². The molecule has 3 aliphatic heterocycles. The van der Waals surface area contributed by atoms with Gasteiger partial charge in [-0.15, -0.1) is 12.1 Å². The van der Waals surface area contributed by atoms with Gasteiger partial charge in [-0.25, -0.2) is 4.79 Å². The molecule has 4 atom stereocenters. The number of fused-ring (bicyclic) bond motifs is 6. The van der Waals surface area contributed by atoms with Crippen molar-refractivity contribution >= 4 is 28.8 Å². The second-order valence-corrected chi connectivity index (χ2v) is 14.3. The number of nitrogens with zero attached hydrogens (tertiary/aromatic N) is 3. The molecule has 1 saturated heterocycles. The largest absolute Gasteiger partial charge is 2.00 e. The number of alkyl halides is 2. The van der Waals surface area contributed by atoms with Crippen molar-refractivity contribution in [1.29, 1.82) is 0 Å². The number of carbonyl (C=O) groups is 3. The van der Waals surface area contributed by atoms with Crippen LogP contribution in [0.5, 0.6) is 5.88 Å². The van der Waals surface area contributed by atoms with Crippen LogP contribution in [0.1, 0.15) is 85.3 Å². The number of rotatable bonds is 2. The molecule has 4 heterocycles. The minimum absolute atomic E-state index is 0. The average Bonchev–Trinajstić information content (AvgIpc) is 3.65. The van der Waals surface area contributed by atoms with Crippen LogP contribution in [0.25, 0.3) is 11.0 Å². The number of alkyl carbamates (subject to hydrolysis) is 1. The summed E-state index contributed by atoms with van der Waals surface area (Å²) in [5.74, 6) is -4.62. The molecule has 2 amide bonds. The quantitative estimate of drug-likeness (QED) is 0.367. The van der Waals surface area contributed by atoms with E-state index in [9.17, 15) is 14.4 Å². The molecule has 2 aliphatic carbocycles. The molecule has 0 unspecified atom stereocenters. The second kappa shape index (κ2) is 13.3.